The summed E-state index contributed by atoms with van der Waals surface area (Å²) in [5, 5.41) is 3.76. The molecule has 0 spiro atoms. The third-order valence-electron chi connectivity index (χ3n) is 2.25. The highest BCUT2D eigenvalue weighted by molar-refractivity contribution is 7.99. The molecule has 108 valence electrons. The molecule has 0 aliphatic heterocycles. The summed E-state index contributed by atoms with van der Waals surface area (Å²) in [7, 11) is 0. The van der Waals surface area contributed by atoms with Crippen LogP contribution in [0, 0.1) is 0 Å². The van der Waals surface area contributed by atoms with Gasteiger partial charge in [0.15, 0.2) is 0 Å². The van der Waals surface area contributed by atoms with Gasteiger partial charge in [-0.3, -0.25) is 0 Å². The normalized spacial score (nSPS) is 12.2. The Hall–Kier alpha value is -0.460. The van der Waals surface area contributed by atoms with E-state index in [1.54, 1.807) is 0 Å². The molecular formula is C12H16ClF3N2S. The molecule has 0 fully saturated rings. The molecule has 0 saturated heterocycles. The van der Waals surface area contributed by atoms with Crippen molar-refractivity contribution in [1.29, 1.82) is 0 Å². The Kier molecular flexibility index (Phi) is 6.42. The van der Waals surface area contributed by atoms with E-state index in [0.29, 0.717) is 11.1 Å². The molecule has 0 aliphatic carbocycles. The second-order valence-corrected chi connectivity index (χ2v) is 5.81. The maximum absolute atomic E-state index is 12.4. The summed E-state index contributed by atoms with van der Waals surface area (Å²) in [6.45, 7) is 4.98. The van der Waals surface area contributed by atoms with Gasteiger partial charge in [-0.05, 0) is 19.0 Å². The number of nitrogens with zero attached hydrogens (tertiary/aromatic N) is 1. The minimum Gasteiger partial charge on any atom is -0.315 e. The van der Waals surface area contributed by atoms with Gasteiger partial charge in [0, 0.05) is 18.0 Å². The molecule has 0 aliphatic rings. The fraction of sp³-hybridized carbons (Fsp3) is 0.583. The lowest BCUT2D eigenvalue weighted by Crippen LogP contribution is -2.23. The van der Waals surface area contributed by atoms with E-state index in [1.807, 2.05) is 0 Å². The Bertz CT molecular complexity index is 410. The van der Waals surface area contributed by atoms with E-state index in [9.17, 15) is 13.2 Å². The van der Waals surface area contributed by atoms with Crippen molar-refractivity contribution in [2.24, 2.45) is 0 Å². The van der Waals surface area contributed by atoms with Gasteiger partial charge in [-0.15, -0.1) is 11.8 Å². The lowest BCUT2D eigenvalue weighted by atomic mass is 10.3. The van der Waals surface area contributed by atoms with Crippen molar-refractivity contribution in [3.63, 3.8) is 0 Å². The summed E-state index contributed by atoms with van der Waals surface area (Å²) in [6.07, 6.45) is -2.68. The fourth-order valence-electron chi connectivity index (χ4n) is 1.32. The van der Waals surface area contributed by atoms with Gasteiger partial charge < -0.3 is 5.32 Å². The fourth-order valence-corrected chi connectivity index (χ4v) is 2.45. The van der Waals surface area contributed by atoms with Crippen LogP contribution in [-0.4, -0.2) is 23.3 Å². The largest absolute Gasteiger partial charge is 0.417 e. The summed E-state index contributed by atoms with van der Waals surface area (Å²) in [6, 6.07) is 1.35. The molecule has 0 bridgehead atoms. The standard InChI is InChI=1S/C12H16ClF3N2S/c1-8(2)17-4-3-5-19-11-10(13)6-9(7-18-11)12(14,15)16/h6-8,17H,3-5H2,1-2H3. The Balaban J connectivity index is 2.47. The summed E-state index contributed by atoms with van der Waals surface area (Å²) in [5.74, 6) is 0.762. The molecule has 7 heteroatoms. The van der Waals surface area contributed by atoms with Gasteiger partial charge >= 0.3 is 6.18 Å². The third kappa shape index (κ3) is 6.01. The smallest absolute Gasteiger partial charge is 0.315 e. The summed E-state index contributed by atoms with van der Waals surface area (Å²) in [5.41, 5.74) is -0.816. The monoisotopic (exact) mass is 312 g/mol. The molecule has 0 atom stereocenters. The van der Waals surface area contributed by atoms with Crippen LogP contribution in [0.4, 0.5) is 13.2 Å². The van der Waals surface area contributed by atoms with E-state index in [2.05, 4.69) is 24.1 Å². The lowest BCUT2D eigenvalue weighted by molar-refractivity contribution is -0.137. The number of nitrogens with one attached hydrogen (secondary N) is 1. The van der Waals surface area contributed by atoms with Crippen molar-refractivity contribution in [3.8, 4) is 0 Å². The van der Waals surface area contributed by atoms with Crippen LogP contribution in [0.3, 0.4) is 0 Å². The van der Waals surface area contributed by atoms with Crippen molar-refractivity contribution in [2.75, 3.05) is 12.3 Å². The van der Waals surface area contributed by atoms with E-state index in [1.165, 1.54) is 11.8 Å². The molecule has 0 amide bonds. The number of alkyl halides is 3. The third-order valence-corrected chi connectivity index (χ3v) is 3.74. The van der Waals surface area contributed by atoms with Crippen LogP contribution >= 0.6 is 23.4 Å². The zero-order chi connectivity index (χ0) is 14.5. The van der Waals surface area contributed by atoms with Crippen LogP contribution in [0.5, 0.6) is 0 Å². The SMILES string of the molecule is CC(C)NCCCSc1ncc(C(F)(F)F)cc1Cl. The molecule has 2 nitrogen and oxygen atoms in total. The Morgan fingerprint density at radius 3 is 2.63 bits per heavy atom. The van der Waals surface area contributed by atoms with Gasteiger partial charge in [0.2, 0.25) is 0 Å². The minimum absolute atomic E-state index is 0.0524. The molecule has 0 saturated carbocycles. The van der Waals surface area contributed by atoms with Crippen LogP contribution in [-0.2, 0) is 6.18 Å². The molecule has 0 aromatic carbocycles. The second kappa shape index (κ2) is 7.36. The molecule has 1 N–H and O–H groups in total. The van der Waals surface area contributed by atoms with Crippen LogP contribution in [0.1, 0.15) is 25.8 Å². The minimum atomic E-state index is -4.40. The number of hydrogen-bond donors (Lipinski definition) is 1. The number of thioether (sulfide) groups is 1. The predicted octanol–water partition coefficient (Wildman–Crippen LogP) is 4.23. The zero-order valence-electron chi connectivity index (χ0n) is 10.7. The summed E-state index contributed by atoms with van der Waals surface area (Å²) >= 11 is 7.17. The van der Waals surface area contributed by atoms with Gasteiger partial charge in [-0.25, -0.2) is 4.98 Å². The van der Waals surface area contributed by atoms with Crippen molar-refractivity contribution in [1.82, 2.24) is 10.3 Å². The highest BCUT2D eigenvalue weighted by atomic mass is 35.5. The maximum atomic E-state index is 12.4. The van der Waals surface area contributed by atoms with Gasteiger partial charge in [-0.2, -0.15) is 13.2 Å². The Labute approximate surface area is 120 Å². The van der Waals surface area contributed by atoms with Gasteiger partial charge in [0.05, 0.1) is 10.6 Å². The van der Waals surface area contributed by atoms with E-state index in [-0.39, 0.29) is 5.02 Å². The Morgan fingerprint density at radius 2 is 2.11 bits per heavy atom. The molecule has 1 aromatic rings. The number of aromatic nitrogens is 1. The number of rotatable bonds is 6. The van der Waals surface area contributed by atoms with Gasteiger partial charge in [-0.1, -0.05) is 25.4 Å². The maximum Gasteiger partial charge on any atom is 0.417 e. The number of pyridine rings is 1. The van der Waals surface area contributed by atoms with Crippen LogP contribution in [0.2, 0.25) is 5.02 Å². The molecule has 1 heterocycles. The highest BCUT2D eigenvalue weighted by Crippen LogP contribution is 2.33. The average Bonchev–Trinajstić information content (AvgIpc) is 2.28. The Morgan fingerprint density at radius 1 is 1.42 bits per heavy atom. The van der Waals surface area contributed by atoms with Crippen LogP contribution in [0.15, 0.2) is 17.3 Å². The molecule has 0 unspecified atom stereocenters. The highest BCUT2D eigenvalue weighted by Gasteiger charge is 2.31. The van der Waals surface area contributed by atoms with E-state index in [0.717, 1.165) is 31.0 Å². The topological polar surface area (TPSA) is 24.9 Å². The summed E-state index contributed by atoms with van der Waals surface area (Å²) < 4.78 is 37.2. The molecular weight excluding hydrogens is 297 g/mol. The summed E-state index contributed by atoms with van der Waals surface area (Å²) in [4.78, 5) is 3.77. The van der Waals surface area contributed by atoms with E-state index in [4.69, 9.17) is 11.6 Å². The van der Waals surface area contributed by atoms with Crippen molar-refractivity contribution in [2.45, 2.75) is 37.5 Å². The lowest BCUT2D eigenvalue weighted by Gasteiger charge is -2.09. The number of halogens is 4. The molecule has 19 heavy (non-hydrogen) atoms. The number of hydrogen-bond acceptors (Lipinski definition) is 3. The van der Waals surface area contributed by atoms with E-state index < -0.39 is 11.7 Å². The van der Waals surface area contributed by atoms with Crippen molar-refractivity contribution >= 4 is 23.4 Å². The first-order valence-corrected chi connectivity index (χ1v) is 7.26. The average molecular weight is 313 g/mol. The van der Waals surface area contributed by atoms with Crippen molar-refractivity contribution < 1.29 is 13.2 Å². The molecule has 1 aromatic heterocycles. The van der Waals surface area contributed by atoms with Crippen LogP contribution in [0.25, 0.3) is 0 Å². The van der Waals surface area contributed by atoms with Crippen molar-refractivity contribution in [3.05, 3.63) is 22.8 Å². The van der Waals surface area contributed by atoms with Crippen LogP contribution < -0.4 is 5.32 Å². The first-order valence-electron chi connectivity index (χ1n) is 5.89. The molecule has 0 radical (unpaired) electrons. The first-order chi connectivity index (χ1) is 8.80. The van der Waals surface area contributed by atoms with E-state index >= 15 is 0 Å². The molecule has 1 rings (SSSR count). The van der Waals surface area contributed by atoms with Gasteiger partial charge in [0.1, 0.15) is 5.03 Å². The second-order valence-electron chi connectivity index (χ2n) is 4.32. The predicted molar refractivity (Wildman–Crippen MR) is 72.7 cm³/mol. The first kappa shape index (κ1) is 16.6. The quantitative estimate of drug-likeness (QED) is 0.628. The zero-order valence-corrected chi connectivity index (χ0v) is 12.3. The van der Waals surface area contributed by atoms with Gasteiger partial charge in [0.25, 0.3) is 0 Å².